The lowest BCUT2D eigenvalue weighted by molar-refractivity contribution is 0.505. The van der Waals surface area contributed by atoms with E-state index < -0.39 is 0 Å². The van der Waals surface area contributed by atoms with Crippen LogP contribution in [-0.4, -0.2) is 18.1 Å². The minimum atomic E-state index is 0.722. The molecular weight excluding hydrogens is 232 g/mol. The molecule has 2 heteroatoms. The second kappa shape index (κ2) is 5.43. The first-order valence-electron chi connectivity index (χ1n) is 7.05. The molecular formula is C17H20N2. The fraction of sp³-hybridized carbons (Fsp3) is 0.353. The van der Waals surface area contributed by atoms with Crippen LogP contribution < -0.4 is 4.90 Å². The number of hydrogen-bond donors (Lipinski definition) is 0. The number of piperidine rings is 1. The summed E-state index contributed by atoms with van der Waals surface area (Å²) in [5.74, 6) is 0.722. The number of anilines is 1. The average Bonchev–Trinajstić information content (AvgIpc) is 2.49. The molecule has 1 saturated heterocycles. The zero-order chi connectivity index (χ0) is 13.1. The lowest BCUT2D eigenvalue weighted by Gasteiger charge is -2.34. The van der Waals surface area contributed by atoms with Gasteiger partial charge in [0, 0.05) is 31.2 Å². The number of benzene rings is 1. The predicted molar refractivity (Wildman–Crippen MR) is 79.6 cm³/mol. The predicted octanol–water partition coefficient (Wildman–Crippen LogP) is 3.77. The van der Waals surface area contributed by atoms with Crippen LogP contribution in [0.25, 0.3) is 0 Å². The van der Waals surface area contributed by atoms with Gasteiger partial charge in [-0.2, -0.15) is 0 Å². The molecule has 0 bridgehead atoms. The summed E-state index contributed by atoms with van der Waals surface area (Å²) in [7, 11) is 0. The Hall–Kier alpha value is -1.83. The molecule has 1 aliphatic heterocycles. The number of nitrogens with zero attached hydrogens (tertiary/aromatic N) is 2. The Morgan fingerprint density at radius 1 is 1.05 bits per heavy atom. The highest BCUT2D eigenvalue weighted by Crippen LogP contribution is 2.31. The zero-order valence-electron chi connectivity index (χ0n) is 11.4. The molecule has 1 fully saturated rings. The van der Waals surface area contributed by atoms with Crippen molar-refractivity contribution >= 4 is 5.69 Å². The van der Waals surface area contributed by atoms with E-state index in [0.29, 0.717) is 0 Å². The second-order valence-electron chi connectivity index (χ2n) is 5.33. The van der Waals surface area contributed by atoms with Gasteiger partial charge in [0.25, 0.3) is 0 Å². The van der Waals surface area contributed by atoms with Gasteiger partial charge in [0.2, 0.25) is 0 Å². The molecule has 2 nitrogen and oxygen atoms in total. The summed E-state index contributed by atoms with van der Waals surface area (Å²) in [5, 5.41) is 0. The van der Waals surface area contributed by atoms with E-state index >= 15 is 0 Å². The van der Waals surface area contributed by atoms with E-state index in [9.17, 15) is 0 Å². The smallest absolute Gasteiger partial charge is 0.0426 e. The van der Waals surface area contributed by atoms with Crippen LogP contribution in [0.5, 0.6) is 0 Å². The van der Waals surface area contributed by atoms with Crippen LogP contribution in [0.3, 0.4) is 0 Å². The lowest BCUT2D eigenvalue weighted by Crippen LogP contribution is -2.33. The van der Waals surface area contributed by atoms with Crippen molar-refractivity contribution in [2.45, 2.75) is 25.7 Å². The monoisotopic (exact) mass is 252 g/mol. The Labute approximate surface area is 115 Å². The van der Waals surface area contributed by atoms with E-state index in [0.717, 1.165) is 19.0 Å². The van der Waals surface area contributed by atoms with E-state index in [4.69, 9.17) is 0 Å². The molecule has 0 unspecified atom stereocenters. The minimum absolute atomic E-state index is 0.722. The van der Waals surface area contributed by atoms with Crippen molar-refractivity contribution in [2.75, 3.05) is 18.0 Å². The van der Waals surface area contributed by atoms with Crippen molar-refractivity contribution in [1.29, 1.82) is 0 Å². The van der Waals surface area contributed by atoms with E-state index in [-0.39, 0.29) is 0 Å². The minimum Gasteiger partial charge on any atom is -0.371 e. The molecule has 0 radical (unpaired) electrons. The van der Waals surface area contributed by atoms with Crippen LogP contribution in [0.15, 0.2) is 48.8 Å². The fourth-order valence-electron chi connectivity index (χ4n) is 3.00. The molecule has 0 N–H and O–H groups in total. The van der Waals surface area contributed by atoms with Crippen LogP contribution in [0, 0.1) is 6.92 Å². The number of rotatable bonds is 2. The number of pyridine rings is 1. The van der Waals surface area contributed by atoms with Gasteiger partial charge in [-0.15, -0.1) is 0 Å². The molecule has 0 aliphatic carbocycles. The maximum absolute atomic E-state index is 4.18. The first kappa shape index (κ1) is 12.2. The Morgan fingerprint density at radius 2 is 1.79 bits per heavy atom. The molecule has 0 spiro atoms. The fourth-order valence-corrected chi connectivity index (χ4v) is 3.00. The molecule has 1 aromatic carbocycles. The molecule has 2 aromatic rings. The Bertz CT molecular complexity index is 528. The number of aromatic nitrogens is 1. The summed E-state index contributed by atoms with van der Waals surface area (Å²) in [6.07, 6.45) is 6.34. The quantitative estimate of drug-likeness (QED) is 0.808. The van der Waals surface area contributed by atoms with Crippen LogP contribution >= 0.6 is 0 Å². The molecule has 1 aromatic heterocycles. The number of hydrogen-bond acceptors (Lipinski definition) is 2. The number of aryl methyl sites for hydroxylation is 1. The van der Waals surface area contributed by atoms with Gasteiger partial charge in [-0.1, -0.05) is 30.3 Å². The molecule has 3 rings (SSSR count). The summed E-state index contributed by atoms with van der Waals surface area (Å²) < 4.78 is 0. The summed E-state index contributed by atoms with van der Waals surface area (Å²) in [5.41, 5.74) is 4.12. The third-order valence-corrected chi connectivity index (χ3v) is 4.10. The highest BCUT2D eigenvalue weighted by Gasteiger charge is 2.21. The lowest BCUT2D eigenvalue weighted by atomic mass is 9.89. The van der Waals surface area contributed by atoms with Crippen molar-refractivity contribution in [3.8, 4) is 0 Å². The summed E-state index contributed by atoms with van der Waals surface area (Å²) in [4.78, 5) is 6.67. The molecule has 1 aliphatic rings. The van der Waals surface area contributed by atoms with E-state index in [1.807, 2.05) is 12.4 Å². The largest absolute Gasteiger partial charge is 0.371 e. The maximum atomic E-state index is 4.18. The Morgan fingerprint density at radius 3 is 2.47 bits per heavy atom. The van der Waals surface area contributed by atoms with Gasteiger partial charge >= 0.3 is 0 Å². The van der Waals surface area contributed by atoms with Crippen molar-refractivity contribution in [2.24, 2.45) is 0 Å². The van der Waals surface area contributed by atoms with Crippen molar-refractivity contribution < 1.29 is 0 Å². The van der Waals surface area contributed by atoms with Gasteiger partial charge in [-0.3, -0.25) is 4.98 Å². The van der Waals surface area contributed by atoms with Gasteiger partial charge < -0.3 is 4.90 Å². The first-order chi connectivity index (χ1) is 9.34. The summed E-state index contributed by atoms with van der Waals surface area (Å²) >= 11 is 0. The zero-order valence-corrected chi connectivity index (χ0v) is 11.4. The van der Waals surface area contributed by atoms with Crippen LogP contribution in [-0.2, 0) is 0 Å². The molecule has 0 saturated carbocycles. The van der Waals surface area contributed by atoms with Crippen LogP contribution in [0.4, 0.5) is 5.69 Å². The van der Waals surface area contributed by atoms with Gasteiger partial charge in [0.15, 0.2) is 0 Å². The standard InChI is InChI=1S/C17H20N2/c1-14-13-18-10-7-17(14)19-11-8-16(9-12-19)15-5-3-2-4-6-15/h2-7,10,13,16H,8-9,11-12H2,1H3. The van der Waals surface area contributed by atoms with Crippen molar-refractivity contribution in [3.63, 3.8) is 0 Å². The van der Waals surface area contributed by atoms with E-state index in [2.05, 4.69) is 53.2 Å². The van der Waals surface area contributed by atoms with Crippen molar-refractivity contribution in [3.05, 3.63) is 59.9 Å². The van der Waals surface area contributed by atoms with Gasteiger partial charge in [-0.25, -0.2) is 0 Å². The van der Waals surface area contributed by atoms with Crippen LogP contribution in [0.1, 0.15) is 29.9 Å². The van der Waals surface area contributed by atoms with E-state index in [1.165, 1.54) is 29.7 Å². The first-order valence-corrected chi connectivity index (χ1v) is 7.05. The second-order valence-corrected chi connectivity index (χ2v) is 5.33. The summed E-state index contributed by atoms with van der Waals surface area (Å²) in [6, 6.07) is 13.1. The van der Waals surface area contributed by atoms with Gasteiger partial charge in [0.1, 0.15) is 0 Å². The molecule has 0 atom stereocenters. The van der Waals surface area contributed by atoms with E-state index in [1.54, 1.807) is 0 Å². The average molecular weight is 252 g/mol. The van der Waals surface area contributed by atoms with Gasteiger partial charge in [0.05, 0.1) is 0 Å². The molecule has 19 heavy (non-hydrogen) atoms. The summed E-state index contributed by atoms with van der Waals surface area (Å²) in [6.45, 7) is 4.43. The third kappa shape index (κ3) is 2.62. The topological polar surface area (TPSA) is 16.1 Å². The molecule has 0 amide bonds. The Balaban J connectivity index is 1.69. The maximum Gasteiger partial charge on any atom is 0.0426 e. The highest BCUT2D eigenvalue weighted by molar-refractivity contribution is 5.52. The van der Waals surface area contributed by atoms with Crippen molar-refractivity contribution in [1.82, 2.24) is 4.98 Å². The Kier molecular flexibility index (Phi) is 3.49. The molecule has 98 valence electrons. The normalized spacial score (nSPS) is 16.6. The van der Waals surface area contributed by atoms with Gasteiger partial charge in [-0.05, 0) is 42.9 Å². The third-order valence-electron chi connectivity index (χ3n) is 4.10. The SMILES string of the molecule is Cc1cnccc1N1CCC(c2ccccc2)CC1. The molecule has 2 heterocycles. The highest BCUT2D eigenvalue weighted by atomic mass is 15.1. The van der Waals surface area contributed by atoms with Crippen LogP contribution in [0.2, 0.25) is 0 Å².